The first-order valence-electron chi connectivity index (χ1n) is 6.31. The van der Waals surface area contributed by atoms with E-state index < -0.39 is 11.7 Å². The minimum atomic E-state index is -0.481. The Balaban J connectivity index is 2.39. The topological polar surface area (TPSA) is 58.6 Å². The maximum absolute atomic E-state index is 11.5. The molecule has 0 bridgehead atoms. The lowest BCUT2D eigenvalue weighted by Crippen LogP contribution is -2.33. The van der Waals surface area contributed by atoms with Gasteiger partial charge in [0.1, 0.15) is 5.60 Å². The van der Waals surface area contributed by atoms with Crippen molar-refractivity contribution in [3.05, 3.63) is 28.2 Å². The Morgan fingerprint density at radius 3 is 2.75 bits per heavy atom. The highest BCUT2D eigenvalue weighted by molar-refractivity contribution is 9.10. The van der Waals surface area contributed by atoms with E-state index in [0.29, 0.717) is 12.3 Å². The fourth-order valence-electron chi connectivity index (χ4n) is 1.46. The summed E-state index contributed by atoms with van der Waals surface area (Å²) in [7, 11) is 0. The summed E-state index contributed by atoms with van der Waals surface area (Å²) in [5.41, 5.74) is 0.390. The molecular formula is C14H20BrNO3S. The van der Waals surface area contributed by atoms with Crippen LogP contribution in [-0.2, 0) is 11.3 Å². The molecule has 0 saturated heterocycles. The highest BCUT2D eigenvalue weighted by Crippen LogP contribution is 2.28. The molecule has 2 N–H and O–H groups in total. The van der Waals surface area contributed by atoms with Gasteiger partial charge in [0.25, 0.3) is 0 Å². The van der Waals surface area contributed by atoms with Gasteiger partial charge in [-0.1, -0.05) is 22.0 Å². The predicted octanol–water partition coefficient (Wildman–Crippen LogP) is 3.56. The smallest absolute Gasteiger partial charge is 0.407 e. The van der Waals surface area contributed by atoms with Crippen molar-refractivity contribution in [1.82, 2.24) is 5.32 Å². The van der Waals surface area contributed by atoms with Gasteiger partial charge in [0, 0.05) is 27.2 Å². The minimum absolute atomic E-state index is 0.0107. The van der Waals surface area contributed by atoms with Gasteiger partial charge < -0.3 is 15.2 Å². The zero-order chi connectivity index (χ0) is 15.2. The molecule has 0 spiro atoms. The van der Waals surface area contributed by atoms with Crippen molar-refractivity contribution in [2.45, 2.75) is 37.9 Å². The summed E-state index contributed by atoms with van der Waals surface area (Å²) in [6.45, 7) is 5.99. The third-order valence-electron chi connectivity index (χ3n) is 2.26. The molecule has 1 aromatic rings. The highest BCUT2D eigenvalue weighted by atomic mass is 79.9. The van der Waals surface area contributed by atoms with Crippen LogP contribution >= 0.6 is 27.7 Å². The Hall–Kier alpha value is -0.720. The van der Waals surface area contributed by atoms with Crippen LogP contribution in [0, 0.1) is 0 Å². The first-order valence-corrected chi connectivity index (χ1v) is 8.09. The molecule has 0 heterocycles. The third-order valence-corrected chi connectivity index (χ3v) is 4.11. The number of ether oxygens (including phenoxy) is 1. The molecule has 6 heteroatoms. The molecule has 0 aliphatic heterocycles. The molecule has 0 radical (unpaired) electrons. The van der Waals surface area contributed by atoms with Gasteiger partial charge in [-0.2, -0.15) is 0 Å². The lowest BCUT2D eigenvalue weighted by molar-refractivity contribution is 0.0531. The van der Waals surface area contributed by atoms with Gasteiger partial charge in [-0.15, -0.1) is 11.8 Å². The molecule has 0 atom stereocenters. The number of nitrogens with one attached hydrogen (secondary N) is 1. The Morgan fingerprint density at radius 1 is 1.45 bits per heavy atom. The van der Waals surface area contributed by atoms with Crippen molar-refractivity contribution in [1.29, 1.82) is 0 Å². The lowest BCUT2D eigenvalue weighted by atomic mass is 10.2. The standard InChI is InChI=1S/C14H20BrNO3S/c1-14(2,3)19-13(18)16-7-8-20-12-6-4-5-11(15)10(12)9-17/h4-6,17H,7-9H2,1-3H3,(H,16,18). The molecule has 0 saturated carbocycles. The quantitative estimate of drug-likeness (QED) is 0.621. The van der Waals surface area contributed by atoms with E-state index in [1.165, 1.54) is 0 Å². The monoisotopic (exact) mass is 361 g/mol. The molecule has 1 aromatic carbocycles. The van der Waals surface area contributed by atoms with E-state index in [4.69, 9.17) is 4.74 Å². The predicted molar refractivity (Wildman–Crippen MR) is 85.0 cm³/mol. The van der Waals surface area contributed by atoms with E-state index in [2.05, 4.69) is 21.2 Å². The van der Waals surface area contributed by atoms with Crippen molar-refractivity contribution >= 4 is 33.8 Å². The normalized spacial score (nSPS) is 11.2. The zero-order valence-corrected chi connectivity index (χ0v) is 14.3. The summed E-state index contributed by atoms with van der Waals surface area (Å²) in [5.74, 6) is 0.711. The Kier molecular flexibility index (Phi) is 6.85. The Labute approximate surface area is 132 Å². The number of halogens is 1. The number of aliphatic hydroxyl groups excluding tert-OH is 1. The number of hydrogen-bond acceptors (Lipinski definition) is 4. The van der Waals surface area contributed by atoms with Gasteiger partial charge >= 0.3 is 6.09 Å². The summed E-state index contributed by atoms with van der Waals surface area (Å²) in [6.07, 6.45) is -0.408. The van der Waals surface area contributed by atoms with Crippen LogP contribution in [0.1, 0.15) is 26.3 Å². The van der Waals surface area contributed by atoms with Crippen LogP contribution in [0.2, 0.25) is 0 Å². The number of aliphatic hydroxyl groups is 1. The fourth-order valence-corrected chi connectivity index (χ4v) is 3.03. The molecule has 0 unspecified atom stereocenters. The zero-order valence-electron chi connectivity index (χ0n) is 11.9. The summed E-state index contributed by atoms with van der Waals surface area (Å²) < 4.78 is 6.04. The van der Waals surface area contributed by atoms with Crippen LogP contribution in [0.3, 0.4) is 0 Å². The van der Waals surface area contributed by atoms with Gasteiger partial charge in [-0.3, -0.25) is 0 Å². The number of carbonyl (C=O) groups excluding carboxylic acids is 1. The van der Waals surface area contributed by atoms with E-state index in [9.17, 15) is 9.90 Å². The number of carbonyl (C=O) groups is 1. The average Bonchev–Trinajstić information content (AvgIpc) is 2.32. The van der Waals surface area contributed by atoms with Crippen LogP contribution < -0.4 is 5.32 Å². The van der Waals surface area contributed by atoms with Crippen molar-refractivity contribution in [3.8, 4) is 0 Å². The van der Waals surface area contributed by atoms with E-state index in [-0.39, 0.29) is 6.61 Å². The van der Waals surface area contributed by atoms with Gasteiger partial charge in [0.2, 0.25) is 0 Å². The molecular weight excluding hydrogens is 342 g/mol. The number of benzene rings is 1. The van der Waals surface area contributed by atoms with E-state index >= 15 is 0 Å². The molecule has 4 nitrogen and oxygen atoms in total. The van der Waals surface area contributed by atoms with Crippen molar-refractivity contribution in [2.24, 2.45) is 0 Å². The van der Waals surface area contributed by atoms with Gasteiger partial charge in [-0.05, 0) is 32.9 Å². The molecule has 20 heavy (non-hydrogen) atoms. The van der Waals surface area contributed by atoms with Gasteiger partial charge in [-0.25, -0.2) is 4.79 Å². The minimum Gasteiger partial charge on any atom is -0.444 e. The maximum Gasteiger partial charge on any atom is 0.407 e. The van der Waals surface area contributed by atoms with Crippen LogP contribution in [0.4, 0.5) is 4.79 Å². The number of amides is 1. The molecule has 112 valence electrons. The van der Waals surface area contributed by atoms with Crippen LogP contribution in [-0.4, -0.2) is 29.1 Å². The first kappa shape index (κ1) is 17.3. The molecule has 0 fully saturated rings. The Bertz CT molecular complexity index is 460. The van der Waals surface area contributed by atoms with E-state index in [1.807, 2.05) is 39.0 Å². The second-order valence-electron chi connectivity index (χ2n) is 5.15. The highest BCUT2D eigenvalue weighted by Gasteiger charge is 2.15. The van der Waals surface area contributed by atoms with Crippen LogP contribution in [0.15, 0.2) is 27.6 Å². The molecule has 1 rings (SSSR count). The molecule has 0 aromatic heterocycles. The molecule has 0 aliphatic carbocycles. The fraction of sp³-hybridized carbons (Fsp3) is 0.500. The third kappa shape index (κ3) is 6.15. The summed E-state index contributed by atoms with van der Waals surface area (Å²) in [4.78, 5) is 12.5. The largest absolute Gasteiger partial charge is 0.444 e. The SMILES string of the molecule is CC(C)(C)OC(=O)NCCSc1cccc(Br)c1CO. The number of alkyl carbamates (subject to hydrolysis) is 1. The summed E-state index contributed by atoms with van der Waals surface area (Å²) >= 11 is 4.99. The van der Waals surface area contributed by atoms with E-state index in [1.54, 1.807) is 11.8 Å². The molecule has 0 aliphatic rings. The van der Waals surface area contributed by atoms with Crippen LogP contribution in [0.25, 0.3) is 0 Å². The van der Waals surface area contributed by atoms with Crippen molar-refractivity contribution < 1.29 is 14.6 Å². The van der Waals surface area contributed by atoms with E-state index in [0.717, 1.165) is 14.9 Å². The number of rotatable bonds is 5. The average molecular weight is 362 g/mol. The summed E-state index contributed by atoms with van der Waals surface area (Å²) in [5, 5.41) is 12.0. The van der Waals surface area contributed by atoms with Crippen molar-refractivity contribution in [2.75, 3.05) is 12.3 Å². The van der Waals surface area contributed by atoms with Crippen molar-refractivity contribution in [3.63, 3.8) is 0 Å². The second kappa shape index (κ2) is 7.90. The first-order chi connectivity index (χ1) is 9.33. The number of hydrogen-bond donors (Lipinski definition) is 2. The summed E-state index contributed by atoms with van der Waals surface area (Å²) in [6, 6.07) is 5.77. The van der Waals surface area contributed by atoms with Gasteiger partial charge in [0.05, 0.1) is 6.61 Å². The maximum atomic E-state index is 11.5. The Morgan fingerprint density at radius 2 is 2.15 bits per heavy atom. The van der Waals surface area contributed by atoms with Gasteiger partial charge in [0.15, 0.2) is 0 Å². The van der Waals surface area contributed by atoms with Crippen LogP contribution in [0.5, 0.6) is 0 Å². The molecule has 1 amide bonds. The lowest BCUT2D eigenvalue weighted by Gasteiger charge is -2.19. The second-order valence-corrected chi connectivity index (χ2v) is 7.14. The number of thioether (sulfide) groups is 1.